The molecule has 0 amide bonds. The number of carboxylic acids is 1. The normalized spacial score (nSPS) is 15.3. The lowest BCUT2D eigenvalue weighted by molar-refractivity contribution is -0.144. The fraction of sp³-hybridized carbons (Fsp3) is 0.300. The maximum Gasteiger partial charge on any atom is 0.309 e. The molecule has 2 rings (SSSR count). The summed E-state index contributed by atoms with van der Waals surface area (Å²) in [4.78, 5) is 11.4. The summed E-state index contributed by atoms with van der Waals surface area (Å²) in [7, 11) is 0. The van der Waals surface area contributed by atoms with Crippen molar-refractivity contribution in [3.05, 3.63) is 21.7 Å². The predicted octanol–water partition coefficient (Wildman–Crippen LogP) is 2.72. The van der Waals surface area contributed by atoms with Gasteiger partial charge < -0.3 is 10.2 Å². The highest BCUT2D eigenvalue weighted by atomic mass is 32.1. The van der Waals surface area contributed by atoms with Crippen molar-refractivity contribution >= 4 is 38.7 Å². The molecule has 0 saturated heterocycles. The number of aliphatic hydroxyl groups excluding tert-OH is 1. The molecule has 2 unspecified atom stereocenters. The van der Waals surface area contributed by atoms with Crippen molar-refractivity contribution in [1.29, 1.82) is 0 Å². The van der Waals surface area contributed by atoms with Crippen LogP contribution in [0.1, 0.15) is 17.9 Å². The van der Waals surface area contributed by atoms with Gasteiger partial charge >= 0.3 is 5.97 Å². The van der Waals surface area contributed by atoms with E-state index in [1.807, 2.05) is 16.8 Å². The van der Waals surface area contributed by atoms with Gasteiger partial charge in [0.05, 0.1) is 5.92 Å². The third-order valence-corrected chi connectivity index (χ3v) is 4.41. The Balaban J connectivity index is 2.31. The molecule has 2 aromatic rings. The van der Waals surface area contributed by atoms with Crippen molar-refractivity contribution in [3.63, 3.8) is 0 Å². The summed E-state index contributed by atoms with van der Waals surface area (Å²) in [6, 6.07) is 1.86. The number of rotatable bonds is 3. The molecule has 2 aromatic heterocycles. The van der Waals surface area contributed by atoms with Crippen molar-refractivity contribution < 1.29 is 15.0 Å². The molecule has 5 heteroatoms. The van der Waals surface area contributed by atoms with Crippen LogP contribution in [0.2, 0.25) is 0 Å². The Hall–Kier alpha value is -0.910. The highest BCUT2D eigenvalue weighted by Crippen LogP contribution is 2.34. The molecule has 0 aromatic carbocycles. The summed E-state index contributed by atoms with van der Waals surface area (Å²) in [5.41, 5.74) is 0. The SMILES string of the molecule is CC(C(=O)O)C(O)c1cc2cscc2s1. The van der Waals surface area contributed by atoms with Gasteiger partial charge in [0.25, 0.3) is 0 Å². The quantitative estimate of drug-likeness (QED) is 0.870. The molecular formula is C10H10O3S2. The molecule has 15 heavy (non-hydrogen) atoms. The fourth-order valence-electron chi connectivity index (χ4n) is 1.32. The Bertz CT molecular complexity index is 457. The highest BCUT2D eigenvalue weighted by molar-refractivity contribution is 7.22. The second-order valence-electron chi connectivity index (χ2n) is 3.41. The minimum atomic E-state index is -0.974. The first-order valence-electron chi connectivity index (χ1n) is 4.46. The van der Waals surface area contributed by atoms with Crippen LogP contribution in [0.4, 0.5) is 0 Å². The van der Waals surface area contributed by atoms with E-state index in [1.54, 1.807) is 11.3 Å². The van der Waals surface area contributed by atoms with Crippen molar-refractivity contribution in [2.75, 3.05) is 0 Å². The van der Waals surface area contributed by atoms with Gasteiger partial charge in [0, 0.05) is 20.3 Å². The van der Waals surface area contributed by atoms with Gasteiger partial charge in [-0.25, -0.2) is 0 Å². The standard InChI is InChI=1S/C10H10O3S2/c1-5(10(12)13)9(11)7-2-6-3-14-4-8(6)15-7/h2-5,9,11H,1H3,(H,12,13). The summed E-state index contributed by atoms with van der Waals surface area (Å²) in [5.74, 6) is -1.74. The summed E-state index contributed by atoms with van der Waals surface area (Å²) in [5, 5.41) is 23.7. The van der Waals surface area contributed by atoms with Crippen LogP contribution in [0, 0.1) is 5.92 Å². The van der Waals surface area contributed by atoms with E-state index < -0.39 is 18.0 Å². The first kappa shape index (κ1) is 10.6. The van der Waals surface area contributed by atoms with Crippen LogP contribution >= 0.6 is 22.7 Å². The van der Waals surface area contributed by atoms with E-state index in [0.29, 0.717) is 0 Å². The number of carboxylic acid groups (broad SMARTS) is 1. The van der Waals surface area contributed by atoms with Crippen molar-refractivity contribution in [2.45, 2.75) is 13.0 Å². The van der Waals surface area contributed by atoms with Gasteiger partial charge in [-0.3, -0.25) is 4.79 Å². The Labute approximate surface area is 94.6 Å². The van der Waals surface area contributed by atoms with Gasteiger partial charge in [0.1, 0.15) is 6.10 Å². The summed E-state index contributed by atoms with van der Waals surface area (Å²) in [6.45, 7) is 1.51. The number of aliphatic hydroxyl groups is 1. The molecule has 0 bridgehead atoms. The Morgan fingerprint density at radius 2 is 2.20 bits per heavy atom. The lowest BCUT2D eigenvalue weighted by atomic mass is 10.0. The maximum absolute atomic E-state index is 10.7. The number of hydrogen-bond donors (Lipinski definition) is 2. The first-order chi connectivity index (χ1) is 7.09. The smallest absolute Gasteiger partial charge is 0.309 e. The van der Waals surface area contributed by atoms with E-state index in [0.717, 1.165) is 15.0 Å². The number of thiophene rings is 2. The topological polar surface area (TPSA) is 57.5 Å². The summed E-state index contributed by atoms with van der Waals surface area (Å²) >= 11 is 3.06. The van der Waals surface area contributed by atoms with Crippen molar-refractivity contribution in [2.24, 2.45) is 5.92 Å². The average Bonchev–Trinajstić information content (AvgIpc) is 2.74. The molecule has 0 aliphatic carbocycles. The molecule has 2 heterocycles. The van der Waals surface area contributed by atoms with Crippen LogP contribution in [-0.2, 0) is 4.79 Å². The molecule has 80 valence electrons. The third-order valence-electron chi connectivity index (χ3n) is 2.33. The predicted molar refractivity (Wildman–Crippen MR) is 61.5 cm³/mol. The summed E-state index contributed by atoms with van der Waals surface area (Å²) in [6.07, 6.45) is -0.912. The maximum atomic E-state index is 10.7. The number of carbonyl (C=O) groups is 1. The van der Waals surface area contributed by atoms with Gasteiger partial charge in [-0.05, 0) is 18.4 Å². The van der Waals surface area contributed by atoms with E-state index >= 15 is 0 Å². The molecule has 0 fully saturated rings. The van der Waals surface area contributed by atoms with Gasteiger partial charge in [-0.15, -0.1) is 11.3 Å². The monoisotopic (exact) mass is 242 g/mol. The Morgan fingerprint density at radius 3 is 2.80 bits per heavy atom. The van der Waals surface area contributed by atoms with E-state index in [-0.39, 0.29) is 0 Å². The number of fused-ring (bicyclic) bond motifs is 1. The molecule has 2 atom stereocenters. The molecule has 0 saturated carbocycles. The van der Waals surface area contributed by atoms with Crippen molar-refractivity contribution in [3.8, 4) is 0 Å². The lowest BCUT2D eigenvalue weighted by Crippen LogP contribution is -2.17. The number of aliphatic carboxylic acids is 1. The minimum absolute atomic E-state index is 0.725. The largest absolute Gasteiger partial charge is 0.481 e. The van der Waals surface area contributed by atoms with Gasteiger partial charge in [-0.1, -0.05) is 0 Å². The molecule has 0 radical (unpaired) electrons. The molecule has 3 nitrogen and oxygen atoms in total. The van der Waals surface area contributed by atoms with Gasteiger partial charge in [0.15, 0.2) is 0 Å². The molecule has 0 aliphatic heterocycles. The highest BCUT2D eigenvalue weighted by Gasteiger charge is 2.24. The van der Waals surface area contributed by atoms with E-state index in [1.165, 1.54) is 18.3 Å². The van der Waals surface area contributed by atoms with Crippen LogP contribution in [0.5, 0.6) is 0 Å². The van der Waals surface area contributed by atoms with E-state index in [9.17, 15) is 9.90 Å². The van der Waals surface area contributed by atoms with Crippen LogP contribution in [0.15, 0.2) is 16.8 Å². The zero-order valence-electron chi connectivity index (χ0n) is 8.01. The minimum Gasteiger partial charge on any atom is -0.481 e. The lowest BCUT2D eigenvalue weighted by Gasteiger charge is -2.12. The van der Waals surface area contributed by atoms with Gasteiger partial charge in [-0.2, -0.15) is 11.3 Å². The molecule has 0 aliphatic rings. The van der Waals surface area contributed by atoms with Crippen molar-refractivity contribution in [1.82, 2.24) is 0 Å². The number of hydrogen-bond acceptors (Lipinski definition) is 4. The second kappa shape index (κ2) is 3.92. The first-order valence-corrected chi connectivity index (χ1v) is 6.22. The van der Waals surface area contributed by atoms with E-state index in [4.69, 9.17) is 5.11 Å². The van der Waals surface area contributed by atoms with Crippen LogP contribution in [-0.4, -0.2) is 16.2 Å². The Morgan fingerprint density at radius 1 is 1.47 bits per heavy atom. The van der Waals surface area contributed by atoms with Gasteiger partial charge in [0.2, 0.25) is 0 Å². The third kappa shape index (κ3) is 1.90. The zero-order chi connectivity index (χ0) is 11.0. The second-order valence-corrected chi connectivity index (χ2v) is 5.27. The zero-order valence-corrected chi connectivity index (χ0v) is 9.64. The van der Waals surface area contributed by atoms with Crippen LogP contribution < -0.4 is 0 Å². The summed E-state index contributed by atoms with van der Waals surface area (Å²) < 4.78 is 1.10. The van der Waals surface area contributed by atoms with E-state index in [2.05, 4.69) is 0 Å². The molecular weight excluding hydrogens is 232 g/mol. The van der Waals surface area contributed by atoms with Crippen LogP contribution in [0.25, 0.3) is 10.1 Å². The van der Waals surface area contributed by atoms with Crippen LogP contribution in [0.3, 0.4) is 0 Å². The molecule has 2 N–H and O–H groups in total. The Kier molecular flexibility index (Phi) is 2.77. The molecule has 0 spiro atoms. The average molecular weight is 242 g/mol. The fourth-order valence-corrected chi connectivity index (χ4v) is 3.42.